The largest absolute Gasteiger partial charge is 0.454 e. The van der Waals surface area contributed by atoms with Crippen LogP contribution in [0.25, 0.3) is 11.1 Å². The first-order chi connectivity index (χ1) is 19.1. The molecule has 3 aromatic carbocycles. The van der Waals surface area contributed by atoms with Crippen LogP contribution in [0.4, 0.5) is 0 Å². The minimum Gasteiger partial charge on any atom is -0.454 e. The summed E-state index contributed by atoms with van der Waals surface area (Å²) in [4.78, 5) is 25.3. The highest BCUT2D eigenvalue weighted by Crippen LogP contribution is 2.37. The maximum atomic E-state index is 12.7. The number of carbonyl (C=O) groups is 2. The molecule has 1 fully saturated rings. The van der Waals surface area contributed by atoms with Crippen LogP contribution in [0, 0.1) is 5.92 Å². The molecule has 0 radical (unpaired) electrons. The van der Waals surface area contributed by atoms with Gasteiger partial charge in [-0.05, 0) is 84.7 Å². The summed E-state index contributed by atoms with van der Waals surface area (Å²) in [5.74, 6) is 0.823. The zero-order chi connectivity index (χ0) is 27.5. The van der Waals surface area contributed by atoms with Crippen LogP contribution in [-0.4, -0.2) is 18.4 Å². The average Bonchev–Trinajstić information content (AvgIpc) is 2.99. The lowest BCUT2D eigenvalue weighted by molar-refractivity contribution is 0.0474. The smallest absolute Gasteiger partial charge is 0.338 e. The number of carbonyl (C=O) groups excluding carboxylic acids is 2. The van der Waals surface area contributed by atoms with E-state index in [4.69, 9.17) is 4.74 Å². The molecule has 3 heteroatoms. The Morgan fingerprint density at radius 2 is 1.28 bits per heavy atom. The number of hydrogen-bond donors (Lipinski definition) is 0. The highest BCUT2D eigenvalue weighted by atomic mass is 16.5. The molecule has 206 valence electrons. The second kappa shape index (κ2) is 14.8. The van der Waals surface area contributed by atoms with Crippen molar-refractivity contribution in [2.24, 2.45) is 5.92 Å². The SMILES string of the molecule is CCCCCc1ccc(-c2ccc(C(=O)COC(=O)c3ccc(C4CCC(CCCC)CC4)cc3)cc2)cc1. The van der Waals surface area contributed by atoms with Gasteiger partial charge in [0.15, 0.2) is 12.4 Å². The van der Waals surface area contributed by atoms with Crippen molar-refractivity contribution in [1.82, 2.24) is 0 Å². The molecule has 39 heavy (non-hydrogen) atoms. The molecular formula is C36H44O3. The van der Waals surface area contributed by atoms with Crippen LogP contribution in [0.5, 0.6) is 0 Å². The van der Waals surface area contributed by atoms with Crippen molar-refractivity contribution in [1.29, 1.82) is 0 Å². The molecule has 1 aliphatic carbocycles. The van der Waals surface area contributed by atoms with E-state index in [0.717, 1.165) is 23.5 Å². The van der Waals surface area contributed by atoms with Gasteiger partial charge < -0.3 is 4.74 Å². The van der Waals surface area contributed by atoms with Crippen molar-refractivity contribution in [3.8, 4) is 11.1 Å². The molecule has 0 amide bonds. The van der Waals surface area contributed by atoms with Crippen molar-refractivity contribution >= 4 is 11.8 Å². The highest BCUT2D eigenvalue weighted by molar-refractivity contribution is 5.99. The number of hydrogen-bond acceptors (Lipinski definition) is 3. The summed E-state index contributed by atoms with van der Waals surface area (Å²) in [5, 5.41) is 0. The molecule has 0 spiro atoms. The van der Waals surface area contributed by atoms with Gasteiger partial charge in [0, 0.05) is 5.56 Å². The lowest BCUT2D eigenvalue weighted by atomic mass is 9.77. The highest BCUT2D eigenvalue weighted by Gasteiger charge is 2.22. The number of Topliss-reactive ketones (excluding diaryl/α,β-unsaturated/α-hetero) is 1. The predicted octanol–water partition coefficient (Wildman–Crippen LogP) is 9.59. The van der Waals surface area contributed by atoms with Crippen LogP contribution in [0.1, 0.15) is 116 Å². The van der Waals surface area contributed by atoms with Crippen LogP contribution in [0.2, 0.25) is 0 Å². The zero-order valence-corrected chi connectivity index (χ0v) is 23.8. The molecule has 1 aliphatic rings. The first-order valence-electron chi connectivity index (χ1n) is 15.1. The van der Waals surface area contributed by atoms with E-state index in [0.29, 0.717) is 17.0 Å². The number of aryl methyl sites for hydroxylation is 1. The van der Waals surface area contributed by atoms with E-state index in [2.05, 4.69) is 50.2 Å². The van der Waals surface area contributed by atoms with Crippen molar-refractivity contribution < 1.29 is 14.3 Å². The molecule has 0 N–H and O–H groups in total. The average molecular weight is 525 g/mol. The third-order valence-electron chi connectivity index (χ3n) is 8.33. The normalized spacial score (nSPS) is 17.1. The molecule has 0 bridgehead atoms. The Morgan fingerprint density at radius 1 is 0.692 bits per heavy atom. The molecule has 0 aliphatic heterocycles. The van der Waals surface area contributed by atoms with Crippen molar-refractivity contribution in [2.75, 3.05) is 6.61 Å². The fourth-order valence-corrected chi connectivity index (χ4v) is 5.76. The van der Waals surface area contributed by atoms with E-state index < -0.39 is 5.97 Å². The first kappa shape index (κ1) is 28.8. The second-order valence-electron chi connectivity index (χ2n) is 11.2. The number of ether oxygens (including phenoxy) is 1. The quantitative estimate of drug-likeness (QED) is 0.127. The van der Waals surface area contributed by atoms with Crippen LogP contribution in [0.3, 0.4) is 0 Å². The van der Waals surface area contributed by atoms with Gasteiger partial charge in [-0.2, -0.15) is 0 Å². The van der Waals surface area contributed by atoms with E-state index >= 15 is 0 Å². The minimum absolute atomic E-state index is 0.197. The summed E-state index contributed by atoms with van der Waals surface area (Å²) in [7, 11) is 0. The second-order valence-corrected chi connectivity index (χ2v) is 11.2. The molecule has 0 heterocycles. The number of ketones is 1. The van der Waals surface area contributed by atoms with Gasteiger partial charge in [-0.15, -0.1) is 0 Å². The van der Waals surface area contributed by atoms with Crippen LogP contribution in [0.15, 0.2) is 72.8 Å². The van der Waals surface area contributed by atoms with Crippen molar-refractivity contribution in [3.63, 3.8) is 0 Å². The van der Waals surface area contributed by atoms with Crippen LogP contribution >= 0.6 is 0 Å². The minimum atomic E-state index is -0.450. The van der Waals surface area contributed by atoms with E-state index in [-0.39, 0.29) is 12.4 Å². The number of rotatable bonds is 13. The third kappa shape index (κ3) is 8.39. The van der Waals surface area contributed by atoms with Gasteiger partial charge in [-0.1, -0.05) is 107 Å². The van der Waals surface area contributed by atoms with Gasteiger partial charge in [-0.3, -0.25) is 4.79 Å². The molecule has 0 aromatic heterocycles. The Bertz CT molecular complexity index is 1170. The van der Waals surface area contributed by atoms with Gasteiger partial charge in [0.2, 0.25) is 0 Å². The van der Waals surface area contributed by atoms with Gasteiger partial charge in [-0.25, -0.2) is 4.79 Å². The van der Waals surface area contributed by atoms with E-state index in [1.165, 1.54) is 75.3 Å². The lowest BCUT2D eigenvalue weighted by Gasteiger charge is -2.28. The molecule has 1 saturated carbocycles. The summed E-state index contributed by atoms with van der Waals surface area (Å²) < 4.78 is 5.36. The van der Waals surface area contributed by atoms with Crippen LogP contribution < -0.4 is 0 Å². The molecule has 0 saturated heterocycles. The molecule has 4 rings (SSSR count). The lowest BCUT2D eigenvalue weighted by Crippen LogP contribution is -2.15. The van der Waals surface area contributed by atoms with Crippen LogP contribution in [-0.2, 0) is 11.2 Å². The Kier molecular flexibility index (Phi) is 10.9. The van der Waals surface area contributed by atoms with Gasteiger partial charge in [0.25, 0.3) is 0 Å². The Morgan fingerprint density at radius 3 is 1.90 bits per heavy atom. The molecule has 3 nitrogen and oxygen atoms in total. The van der Waals surface area contributed by atoms with Gasteiger partial charge >= 0.3 is 5.97 Å². The Balaban J connectivity index is 1.24. The van der Waals surface area contributed by atoms with Gasteiger partial charge in [0.1, 0.15) is 0 Å². The summed E-state index contributed by atoms with van der Waals surface area (Å²) in [5.41, 5.74) is 5.92. The monoisotopic (exact) mass is 524 g/mol. The van der Waals surface area contributed by atoms with Crippen molar-refractivity contribution in [2.45, 2.75) is 90.4 Å². The number of esters is 1. The summed E-state index contributed by atoms with van der Waals surface area (Å²) in [6.45, 7) is 4.23. The summed E-state index contributed by atoms with van der Waals surface area (Å²) in [6.07, 6.45) is 13.9. The Hall–Kier alpha value is -3.20. The predicted molar refractivity (Wildman–Crippen MR) is 160 cm³/mol. The maximum Gasteiger partial charge on any atom is 0.338 e. The molecule has 3 aromatic rings. The van der Waals surface area contributed by atoms with E-state index in [1.54, 1.807) is 0 Å². The Labute approximate surface area is 235 Å². The fourth-order valence-electron chi connectivity index (χ4n) is 5.76. The molecule has 0 atom stereocenters. The topological polar surface area (TPSA) is 43.4 Å². The number of benzene rings is 3. The third-order valence-corrected chi connectivity index (χ3v) is 8.33. The zero-order valence-electron chi connectivity index (χ0n) is 23.8. The van der Waals surface area contributed by atoms with E-state index in [9.17, 15) is 9.59 Å². The summed E-state index contributed by atoms with van der Waals surface area (Å²) in [6, 6.07) is 24.0. The molecule has 0 unspecified atom stereocenters. The number of unbranched alkanes of at least 4 members (excludes halogenated alkanes) is 3. The van der Waals surface area contributed by atoms with Gasteiger partial charge in [0.05, 0.1) is 5.56 Å². The van der Waals surface area contributed by atoms with Crippen molar-refractivity contribution in [3.05, 3.63) is 95.1 Å². The first-order valence-corrected chi connectivity index (χ1v) is 15.1. The van der Waals surface area contributed by atoms with E-state index in [1.807, 2.05) is 36.4 Å². The molecular weight excluding hydrogens is 480 g/mol. The summed E-state index contributed by atoms with van der Waals surface area (Å²) >= 11 is 0. The maximum absolute atomic E-state index is 12.7. The standard InChI is InChI=1S/C36H44O3/c1-3-5-7-9-28-12-16-29(17-13-28)31-18-22-33(23-19-31)35(37)26-39-36(38)34-24-20-32(21-25-34)30-14-10-27(11-15-30)8-6-4-2/h12-13,16-25,27,30H,3-11,14-15,26H2,1-2H3. The fraction of sp³-hybridized carbons (Fsp3) is 0.444.